The number of hydrogen-bond donors (Lipinski definition) is 1. The highest BCUT2D eigenvalue weighted by Crippen LogP contribution is 2.27. The zero-order valence-electron chi connectivity index (χ0n) is 14.3. The Hall–Kier alpha value is -2.18. The Morgan fingerprint density at radius 3 is 2.80 bits per heavy atom. The predicted molar refractivity (Wildman–Crippen MR) is 92.2 cm³/mol. The summed E-state index contributed by atoms with van der Waals surface area (Å²) in [6.07, 6.45) is 4.55. The lowest BCUT2D eigenvalue weighted by Crippen LogP contribution is -2.40. The molecule has 0 spiro atoms. The van der Waals surface area contributed by atoms with Crippen molar-refractivity contribution >= 4 is 0 Å². The number of aliphatic hydroxyl groups is 1. The number of halogens is 1. The van der Waals surface area contributed by atoms with Gasteiger partial charge in [-0.1, -0.05) is 0 Å². The molecule has 0 unspecified atom stereocenters. The van der Waals surface area contributed by atoms with Crippen molar-refractivity contribution in [3.8, 4) is 11.5 Å². The van der Waals surface area contributed by atoms with E-state index >= 15 is 0 Å². The van der Waals surface area contributed by atoms with Crippen molar-refractivity contribution in [1.82, 2.24) is 9.88 Å². The molecule has 6 heteroatoms. The van der Waals surface area contributed by atoms with Crippen molar-refractivity contribution < 1.29 is 19.0 Å². The molecule has 1 aliphatic rings. The molecule has 2 heterocycles. The van der Waals surface area contributed by atoms with Gasteiger partial charge in [0.25, 0.3) is 0 Å². The molecule has 1 N–H and O–H groups in total. The SMILES string of the molecule is COc1ccc(F)cc1[C@@H](O)CN1CCC(Oc2cccnc2)CC1. The van der Waals surface area contributed by atoms with Crippen molar-refractivity contribution in [2.24, 2.45) is 0 Å². The third-order valence-corrected chi connectivity index (χ3v) is 4.45. The van der Waals surface area contributed by atoms with Gasteiger partial charge in [0.15, 0.2) is 0 Å². The molecule has 1 atom stereocenters. The Balaban J connectivity index is 1.53. The quantitative estimate of drug-likeness (QED) is 0.872. The third-order valence-electron chi connectivity index (χ3n) is 4.45. The number of pyridine rings is 1. The molecule has 1 aromatic carbocycles. The van der Waals surface area contributed by atoms with Gasteiger partial charge in [-0.2, -0.15) is 0 Å². The van der Waals surface area contributed by atoms with Crippen LogP contribution < -0.4 is 9.47 Å². The Bertz CT molecular complexity index is 676. The van der Waals surface area contributed by atoms with Crippen LogP contribution in [0.4, 0.5) is 4.39 Å². The van der Waals surface area contributed by atoms with Crippen molar-refractivity contribution in [3.63, 3.8) is 0 Å². The summed E-state index contributed by atoms with van der Waals surface area (Å²) in [6.45, 7) is 2.08. The molecule has 3 rings (SSSR count). The van der Waals surface area contributed by atoms with Crippen LogP contribution in [0.1, 0.15) is 24.5 Å². The lowest BCUT2D eigenvalue weighted by atomic mass is 10.0. The molecule has 134 valence electrons. The lowest BCUT2D eigenvalue weighted by molar-refractivity contribution is 0.0599. The second-order valence-corrected chi connectivity index (χ2v) is 6.21. The van der Waals surface area contributed by atoms with Crippen LogP contribution in [-0.2, 0) is 0 Å². The van der Waals surface area contributed by atoms with Gasteiger partial charge in [-0.3, -0.25) is 4.98 Å². The van der Waals surface area contributed by atoms with Crippen molar-refractivity contribution in [2.45, 2.75) is 25.0 Å². The van der Waals surface area contributed by atoms with Gasteiger partial charge in [0, 0.05) is 31.4 Å². The third kappa shape index (κ3) is 4.67. The number of hydrogen-bond acceptors (Lipinski definition) is 5. The number of methoxy groups -OCH3 is 1. The fraction of sp³-hybridized carbons (Fsp3) is 0.421. The highest BCUT2D eigenvalue weighted by atomic mass is 19.1. The van der Waals surface area contributed by atoms with Crippen LogP contribution >= 0.6 is 0 Å². The van der Waals surface area contributed by atoms with Gasteiger partial charge in [-0.15, -0.1) is 0 Å². The van der Waals surface area contributed by atoms with E-state index in [2.05, 4.69) is 9.88 Å². The van der Waals surface area contributed by atoms with Crippen molar-refractivity contribution in [1.29, 1.82) is 0 Å². The average molecular weight is 346 g/mol. The van der Waals surface area contributed by atoms with Gasteiger partial charge in [0.1, 0.15) is 23.4 Å². The van der Waals surface area contributed by atoms with Crippen LogP contribution in [0, 0.1) is 5.82 Å². The topological polar surface area (TPSA) is 54.8 Å². The number of aliphatic hydroxyl groups excluding tert-OH is 1. The minimum Gasteiger partial charge on any atom is -0.496 e. The second-order valence-electron chi connectivity index (χ2n) is 6.21. The molecule has 1 aliphatic heterocycles. The van der Waals surface area contributed by atoms with E-state index < -0.39 is 6.10 Å². The standard InChI is InChI=1S/C19H23FN2O3/c1-24-19-5-4-14(20)11-17(19)18(23)13-22-9-6-15(7-10-22)25-16-3-2-8-21-12-16/h2-5,8,11-12,15,18,23H,6-7,9-10,13H2,1H3/t18-/m0/s1. The number of ether oxygens (including phenoxy) is 2. The molecule has 1 fully saturated rings. The maximum absolute atomic E-state index is 13.5. The monoisotopic (exact) mass is 346 g/mol. The smallest absolute Gasteiger partial charge is 0.137 e. The molecule has 1 aromatic heterocycles. The summed E-state index contributed by atoms with van der Waals surface area (Å²) < 4.78 is 24.6. The van der Waals surface area contributed by atoms with Crippen LogP contribution in [0.2, 0.25) is 0 Å². The molecule has 0 bridgehead atoms. The van der Waals surface area contributed by atoms with Crippen LogP contribution in [0.3, 0.4) is 0 Å². The van der Waals surface area contributed by atoms with E-state index in [1.54, 1.807) is 18.5 Å². The number of aromatic nitrogens is 1. The van der Waals surface area contributed by atoms with E-state index in [0.717, 1.165) is 31.7 Å². The first kappa shape index (κ1) is 17.6. The second kappa shape index (κ2) is 8.27. The number of benzene rings is 1. The Morgan fingerprint density at radius 2 is 2.12 bits per heavy atom. The van der Waals surface area contributed by atoms with Gasteiger partial charge < -0.3 is 19.5 Å². The average Bonchev–Trinajstić information content (AvgIpc) is 2.64. The summed E-state index contributed by atoms with van der Waals surface area (Å²) in [4.78, 5) is 6.22. The Morgan fingerprint density at radius 1 is 1.32 bits per heavy atom. The van der Waals surface area contributed by atoms with Crippen LogP contribution in [-0.4, -0.2) is 47.8 Å². The van der Waals surface area contributed by atoms with Crippen LogP contribution in [0.25, 0.3) is 0 Å². The van der Waals surface area contributed by atoms with Gasteiger partial charge in [-0.25, -0.2) is 4.39 Å². The van der Waals surface area contributed by atoms with Gasteiger partial charge >= 0.3 is 0 Å². The van der Waals surface area contributed by atoms with Gasteiger partial charge in [0.2, 0.25) is 0 Å². The summed E-state index contributed by atoms with van der Waals surface area (Å²) >= 11 is 0. The fourth-order valence-corrected chi connectivity index (χ4v) is 3.13. The highest BCUT2D eigenvalue weighted by molar-refractivity contribution is 5.35. The highest BCUT2D eigenvalue weighted by Gasteiger charge is 2.24. The Labute approximate surface area is 147 Å². The van der Waals surface area contributed by atoms with Gasteiger partial charge in [0.05, 0.1) is 19.4 Å². The molecule has 5 nitrogen and oxygen atoms in total. The summed E-state index contributed by atoms with van der Waals surface area (Å²) in [5.74, 6) is 0.910. The maximum atomic E-state index is 13.5. The van der Waals surface area contributed by atoms with Crippen LogP contribution in [0.5, 0.6) is 11.5 Å². The van der Waals surface area contributed by atoms with E-state index in [0.29, 0.717) is 17.9 Å². The normalized spacial score (nSPS) is 17.2. The predicted octanol–water partition coefficient (Wildman–Crippen LogP) is 2.81. The first-order valence-electron chi connectivity index (χ1n) is 8.46. The lowest BCUT2D eigenvalue weighted by Gasteiger charge is -2.33. The molecular formula is C19H23FN2O3. The van der Waals surface area contributed by atoms with E-state index in [-0.39, 0.29) is 11.9 Å². The molecule has 2 aromatic rings. The van der Waals surface area contributed by atoms with Crippen molar-refractivity contribution in [2.75, 3.05) is 26.7 Å². The van der Waals surface area contributed by atoms with E-state index in [9.17, 15) is 9.50 Å². The first-order valence-corrected chi connectivity index (χ1v) is 8.46. The van der Waals surface area contributed by atoms with E-state index in [4.69, 9.17) is 9.47 Å². The molecule has 1 saturated heterocycles. The summed E-state index contributed by atoms with van der Waals surface area (Å²) in [5.41, 5.74) is 0.483. The number of rotatable bonds is 6. The largest absolute Gasteiger partial charge is 0.496 e. The Kier molecular flexibility index (Phi) is 5.83. The number of β-amino-alcohol motifs (C(OH)–C–C–N with tert-alkyl or cyclic N) is 1. The molecule has 0 amide bonds. The molecular weight excluding hydrogens is 323 g/mol. The number of nitrogens with zero attached hydrogens (tertiary/aromatic N) is 2. The number of piperidine rings is 1. The maximum Gasteiger partial charge on any atom is 0.137 e. The van der Waals surface area contributed by atoms with E-state index in [1.807, 2.05) is 12.1 Å². The van der Waals surface area contributed by atoms with E-state index in [1.165, 1.54) is 19.2 Å². The summed E-state index contributed by atoms with van der Waals surface area (Å²) in [5, 5.41) is 10.5. The molecule has 0 saturated carbocycles. The number of likely N-dealkylation sites (tertiary alicyclic amines) is 1. The van der Waals surface area contributed by atoms with Gasteiger partial charge in [-0.05, 0) is 43.2 Å². The summed E-state index contributed by atoms with van der Waals surface area (Å²) in [6, 6.07) is 7.96. The van der Waals surface area contributed by atoms with Crippen molar-refractivity contribution in [3.05, 3.63) is 54.1 Å². The zero-order valence-corrected chi connectivity index (χ0v) is 14.3. The van der Waals surface area contributed by atoms with Crippen LogP contribution in [0.15, 0.2) is 42.7 Å². The molecule has 0 radical (unpaired) electrons. The zero-order chi connectivity index (χ0) is 17.6. The molecule has 0 aliphatic carbocycles. The summed E-state index contributed by atoms with van der Waals surface area (Å²) in [7, 11) is 1.52. The minimum absolute atomic E-state index is 0.154. The molecule has 25 heavy (non-hydrogen) atoms. The fourth-order valence-electron chi connectivity index (χ4n) is 3.13. The minimum atomic E-state index is -0.790. The first-order chi connectivity index (χ1) is 12.2.